The molecular weight excluding hydrogens is 433 g/mol. The lowest BCUT2D eigenvalue weighted by atomic mass is 9.97. The lowest BCUT2D eigenvalue weighted by molar-refractivity contribution is -0.192. The molecule has 3 N–H and O–H groups in total. The number of hydrogen-bond donors (Lipinski definition) is 2. The van der Waals surface area contributed by atoms with Gasteiger partial charge in [0.2, 0.25) is 5.91 Å². The van der Waals surface area contributed by atoms with Gasteiger partial charge in [-0.05, 0) is 66.5 Å². The van der Waals surface area contributed by atoms with E-state index >= 15 is 0 Å². The number of alkyl halides is 3. The first kappa shape index (κ1) is 24.0. The summed E-state index contributed by atoms with van der Waals surface area (Å²) >= 11 is 0. The van der Waals surface area contributed by atoms with Gasteiger partial charge in [-0.3, -0.25) is 9.78 Å². The fourth-order valence-electron chi connectivity index (χ4n) is 3.80. The molecule has 3 aromatic rings. The van der Waals surface area contributed by atoms with Gasteiger partial charge in [0.1, 0.15) is 0 Å². The van der Waals surface area contributed by atoms with Crippen LogP contribution < -0.4 is 5.73 Å². The number of aryl methyl sites for hydroxylation is 1. The Kier molecular flexibility index (Phi) is 7.48. The number of carbonyl (C=O) groups excluding carboxylic acids is 1. The molecule has 0 spiro atoms. The minimum absolute atomic E-state index is 0.416. The third-order valence-corrected chi connectivity index (χ3v) is 5.49. The summed E-state index contributed by atoms with van der Waals surface area (Å²) in [6.07, 6.45) is 1.50. The predicted molar refractivity (Wildman–Crippen MR) is 118 cm³/mol. The van der Waals surface area contributed by atoms with Crippen molar-refractivity contribution in [1.82, 2.24) is 4.98 Å². The zero-order valence-electron chi connectivity index (χ0n) is 17.7. The number of nitrogens with zero attached hydrogens (tertiary/aromatic N) is 1. The molecule has 1 amide bonds. The van der Waals surface area contributed by atoms with Gasteiger partial charge >= 0.3 is 12.1 Å². The van der Waals surface area contributed by atoms with Crippen LogP contribution in [0.3, 0.4) is 0 Å². The van der Waals surface area contributed by atoms with Gasteiger partial charge in [0, 0.05) is 17.3 Å². The average molecular weight is 456 g/mol. The molecule has 0 saturated carbocycles. The van der Waals surface area contributed by atoms with Gasteiger partial charge in [-0.1, -0.05) is 42.5 Å². The van der Waals surface area contributed by atoms with E-state index in [-0.39, 0.29) is 0 Å². The number of fused-ring (bicyclic) bond motifs is 1. The quantitative estimate of drug-likeness (QED) is 0.575. The number of aromatic nitrogens is 1. The van der Waals surface area contributed by atoms with E-state index < -0.39 is 18.1 Å². The van der Waals surface area contributed by atoms with Crippen molar-refractivity contribution in [3.63, 3.8) is 0 Å². The van der Waals surface area contributed by atoms with Crippen LogP contribution in [0, 0.1) is 5.92 Å². The molecule has 0 bridgehead atoms. The zero-order valence-corrected chi connectivity index (χ0v) is 17.7. The monoisotopic (exact) mass is 456 g/mol. The van der Waals surface area contributed by atoms with Crippen molar-refractivity contribution >= 4 is 11.9 Å². The maximum Gasteiger partial charge on any atom is 0.490 e. The van der Waals surface area contributed by atoms with Crippen molar-refractivity contribution in [2.75, 3.05) is 0 Å². The Bertz CT molecular complexity index is 1100. The zero-order chi connectivity index (χ0) is 24.0. The number of aliphatic carboxylic acids is 1. The molecule has 1 heterocycles. The van der Waals surface area contributed by atoms with Crippen LogP contribution >= 0.6 is 0 Å². The van der Waals surface area contributed by atoms with E-state index in [1.54, 1.807) is 12.1 Å². The highest BCUT2D eigenvalue weighted by atomic mass is 19.4. The second-order valence-electron chi connectivity index (χ2n) is 7.88. The highest BCUT2D eigenvalue weighted by molar-refractivity contribution is 5.93. The van der Waals surface area contributed by atoms with Crippen molar-refractivity contribution in [3.8, 4) is 11.3 Å². The van der Waals surface area contributed by atoms with Crippen molar-refractivity contribution in [3.05, 3.63) is 89.1 Å². The van der Waals surface area contributed by atoms with E-state index in [4.69, 9.17) is 15.6 Å². The molecule has 1 aliphatic carbocycles. The van der Waals surface area contributed by atoms with Gasteiger partial charge in [-0.15, -0.1) is 0 Å². The van der Waals surface area contributed by atoms with Crippen LogP contribution in [-0.2, 0) is 24.1 Å². The van der Waals surface area contributed by atoms with Gasteiger partial charge in [0.05, 0.1) is 5.69 Å². The molecule has 5 nitrogen and oxygen atoms in total. The maximum atomic E-state index is 11.3. The first-order valence-corrected chi connectivity index (χ1v) is 10.4. The summed E-state index contributed by atoms with van der Waals surface area (Å²) in [5.74, 6) is -2.44. The second-order valence-corrected chi connectivity index (χ2v) is 7.88. The summed E-state index contributed by atoms with van der Waals surface area (Å²) < 4.78 is 31.7. The van der Waals surface area contributed by atoms with E-state index in [0.29, 0.717) is 5.56 Å². The number of amides is 1. The number of pyridine rings is 1. The van der Waals surface area contributed by atoms with Crippen LogP contribution in [-0.4, -0.2) is 28.1 Å². The Hall–Kier alpha value is -3.68. The Morgan fingerprint density at radius 1 is 1.00 bits per heavy atom. The topological polar surface area (TPSA) is 93.3 Å². The third-order valence-electron chi connectivity index (χ3n) is 5.49. The molecule has 0 saturated heterocycles. The number of carboxylic acids is 1. The normalized spacial score (nSPS) is 13.1. The molecule has 33 heavy (non-hydrogen) atoms. The molecule has 172 valence electrons. The summed E-state index contributed by atoms with van der Waals surface area (Å²) in [4.78, 5) is 24.8. The minimum Gasteiger partial charge on any atom is -0.475 e. The number of halogens is 3. The number of carboxylic acid groups (broad SMARTS) is 1. The molecule has 0 atom stereocenters. The van der Waals surface area contributed by atoms with Gasteiger partial charge < -0.3 is 10.8 Å². The van der Waals surface area contributed by atoms with Gasteiger partial charge in [-0.2, -0.15) is 13.2 Å². The second kappa shape index (κ2) is 10.3. The van der Waals surface area contributed by atoms with E-state index in [1.807, 2.05) is 24.4 Å². The van der Waals surface area contributed by atoms with Crippen molar-refractivity contribution in [1.29, 1.82) is 0 Å². The fraction of sp³-hybridized carbons (Fsp3) is 0.240. The highest BCUT2D eigenvalue weighted by Gasteiger charge is 2.38. The van der Waals surface area contributed by atoms with Crippen molar-refractivity contribution < 1.29 is 27.9 Å². The molecule has 8 heteroatoms. The number of primary amides is 1. The minimum atomic E-state index is -5.08. The summed E-state index contributed by atoms with van der Waals surface area (Å²) in [6.45, 7) is 0. The number of rotatable bonds is 5. The molecule has 4 rings (SSSR count). The van der Waals surface area contributed by atoms with Gasteiger partial charge in [0.25, 0.3) is 0 Å². The van der Waals surface area contributed by atoms with Gasteiger partial charge in [-0.25, -0.2) is 4.79 Å². The van der Waals surface area contributed by atoms with Crippen LogP contribution in [0.25, 0.3) is 11.3 Å². The number of benzene rings is 2. The van der Waals surface area contributed by atoms with E-state index in [0.717, 1.165) is 23.6 Å². The smallest absolute Gasteiger partial charge is 0.475 e. The molecule has 1 aromatic heterocycles. The Labute approximate surface area is 189 Å². The SMILES string of the molecule is NC(=O)c1cccc(-c2ccc(CCC3Cc4ccccc4C3)cn2)c1.O=C(O)C(F)(F)F. The summed E-state index contributed by atoms with van der Waals surface area (Å²) in [7, 11) is 0. The van der Waals surface area contributed by atoms with Crippen LogP contribution in [0.5, 0.6) is 0 Å². The van der Waals surface area contributed by atoms with Crippen LogP contribution in [0.15, 0.2) is 66.9 Å². The fourth-order valence-corrected chi connectivity index (χ4v) is 3.80. The van der Waals surface area contributed by atoms with Crippen molar-refractivity contribution in [2.45, 2.75) is 31.9 Å². The van der Waals surface area contributed by atoms with Crippen LogP contribution in [0.2, 0.25) is 0 Å². The summed E-state index contributed by atoms with van der Waals surface area (Å²) in [6, 6.07) is 20.2. The van der Waals surface area contributed by atoms with E-state index in [9.17, 15) is 18.0 Å². The molecule has 1 aliphatic rings. The Balaban J connectivity index is 0.000000383. The van der Waals surface area contributed by atoms with Gasteiger partial charge in [0.15, 0.2) is 0 Å². The lowest BCUT2D eigenvalue weighted by Gasteiger charge is -2.09. The lowest BCUT2D eigenvalue weighted by Crippen LogP contribution is -2.21. The molecule has 2 aromatic carbocycles. The largest absolute Gasteiger partial charge is 0.490 e. The Morgan fingerprint density at radius 2 is 1.64 bits per heavy atom. The molecule has 0 radical (unpaired) electrons. The molecule has 0 fully saturated rings. The van der Waals surface area contributed by atoms with E-state index in [1.165, 1.54) is 36.0 Å². The molecular formula is C25H23F3N2O3. The van der Waals surface area contributed by atoms with Crippen molar-refractivity contribution in [2.24, 2.45) is 11.7 Å². The highest BCUT2D eigenvalue weighted by Crippen LogP contribution is 2.29. The first-order valence-electron chi connectivity index (χ1n) is 10.4. The summed E-state index contributed by atoms with van der Waals surface area (Å²) in [5, 5.41) is 7.12. The molecule has 0 unspecified atom stereocenters. The van der Waals surface area contributed by atoms with Crippen LogP contribution in [0.1, 0.15) is 33.5 Å². The van der Waals surface area contributed by atoms with Crippen LogP contribution in [0.4, 0.5) is 13.2 Å². The number of carbonyl (C=O) groups is 2. The summed E-state index contributed by atoms with van der Waals surface area (Å²) in [5.41, 5.74) is 11.9. The maximum absolute atomic E-state index is 11.3. The number of hydrogen-bond acceptors (Lipinski definition) is 3. The average Bonchev–Trinajstić information content (AvgIpc) is 3.21. The Morgan fingerprint density at radius 3 is 2.15 bits per heavy atom. The van der Waals surface area contributed by atoms with E-state index in [2.05, 4.69) is 35.3 Å². The number of nitrogens with two attached hydrogens (primary N) is 1. The molecule has 0 aliphatic heterocycles. The standard InChI is InChI=1S/C23H22N2O.C2HF3O2/c24-23(26)21-7-3-6-20(14-21)22-11-10-16(15-25-22)8-9-17-12-18-4-1-2-5-19(18)13-17;3-2(4,5)1(6)7/h1-7,10-11,14-15,17H,8-9,12-13H2,(H2,24,26);(H,6,7). The predicted octanol–water partition coefficient (Wildman–Crippen LogP) is 4.83. The third kappa shape index (κ3) is 6.65. The first-order chi connectivity index (χ1) is 15.6.